The van der Waals surface area contributed by atoms with Gasteiger partial charge in [0.2, 0.25) is 0 Å². The lowest BCUT2D eigenvalue weighted by Gasteiger charge is -2.19. The Balaban J connectivity index is 1.75. The molecule has 0 bridgehead atoms. The Morgan fingerprint density at radius 2 is 1.97 bits per heavy atom. The number of aliphatic carboxylic acids is 1. The highest BCUT2D eigenvalue weighted by Gasteiger charge is 2.28. The number of carboxylic acid groups (broad SMARTS) is 1. The van der Waals surface area contributed by atoms with Crippen LogP contribution in [0.3, 0.4) is 0 Å². The zero-order valence-corrected chi connectivity index (χ0v) is 18.7. The van der Waals surface area contributed by atoms with Crippen LogP contribution in [-0.2, 0) is 17.8 Å². The highest BCUT2D eigenvalue weighted by atomic mass is 35.5. The first kappa shape index (κ1) is 22.1. The molecule has 0 aliphatic carbocycles. The van der Waals surface area contributed by atoms with Gasteiger partial charge in [-0.05, 0) is 73.9 Å². The van der Waals surface area contributed by atoms with Crippen molar-refractivity contribution in [1.29, 1.82) is 0 Å². The number of hydrogen-bond acceptors (Lipinski definition) is 3. The fourth-order valence-electron chi connectivity index (χ4n) is 4.15. The predicted octanol–water partition coefficient (Wildman–Crippen LogP) is 5.65. The second-order valence-corrected chi connectivity index (χ2v) is 8.89. The van der Waals surface area contributed by atoms with Gasteiger partial charge in [0.15, 0.2) is 0 Å². The second-order valence-electron chi connectivity index (χ2n) is 8.10. The molecule has 1 aromatic heterocycles. The van der Waals surface area contributed by atoms with E-state index in [0.29, 0.717) is 30.5 Å². The minimum atomic E-state index is -0.714. The van der Waals surface area contributed by atoms with Crippen LogP contribution in [0.5, 0.6) is 0 Å². The highest BCUT2D eigenvalue weighted by Crippen LogP contribution is 2.31. The molecule has 2 atom stereocenters. The molecule has 6 heteroatoms. The summed E-state index contributed by atoms with van der Waals surface area (Å²) in [6.45, 7) is 8.30. The third kappa shape index (κ3) is 5.30. The lowest BCUT2D eigenvalue weighted by molar-refractivity contribution is -0.141. The molecule has 1 N–H and O–H groups in total. The van der Waals surface area contributed by atoms with Crippen LogP contribution in [0.2, 0.25) is 10.0 Å². The predicted molar refractivity (Wildman–Crippen MR) is 118 cm³/mol. The van der Waals surface area contributed by atoms with Crippen molar-refractivity contribution < 1.29 is 9.90 Å². The number of aryl methyl sites for hydroxylation is 2. The SMILES string of the molecule is CC[C@@H](Cc1cc(CN2CC[C@@H](C(=O)O)C2)c(Cl)cn1)c1cc(C)c(Cl)c(C)c1. The van der Waals surface area contributed by atoms with Gasteiger partial charge in [-0.25, -0.2) is 0 Å². The molecular formula is C23H28Cl2N2O2. The van der Waals surface area contributed by atoms with Crippen LogP contribution in [0.4, 0.5) is 0 Å². The third-order valence-corrected chi connectivity index (χ3v) is 6.82. The van der Waals surface area contributed by atoms with Gasteiger partial charge in [-0.2, -0.15) is 0 Å². The second kappa shape index (κ2) is 9.46. The molecule has 1 fully saturated rings. The quantitative estimate of drug-likeness (QED) is 0.611. The van der Waals surface area contributed by atoms with Crippen LogP contribution in [0.1, 0.15) is 53.6 Å². The Kier molecular flexibility index (Phi) is 7.20. The van der Waals surface area contributed by atoms with Crippen LogP contribution in [0.15, 0.2) is 24.4 Å². The molecule has 0 amide bonds. The summed E-state index contributed by atoms with van der Waals surface area (Å²) in [5.74, 6) is -0.640. The van der Waals surface area contributed by atoms with Gasteiger partial charge in [0, 0.05) is 30.0 Å². The van der Waals surface area contributed by atoms with Crippen molar-refractivity contribution in [1.82, 2.24) is 9.88 Å². The Morgan fingerprint density at radius 3 is 2.55 bits per heavy atom. The number of nitrogens with zero attached hydrogens (tertiary/aromatic N) is 2. The molecule has 0 unspecified atom stereocenters. The molecule has 1 saturated heterocycles. The zero-order valence-electron chi connectivity index (χ0n) is 17.2. The molecular weight excluding hydrogens is 407 g/mol. The van der Waals surface area contributed by atoms with Gasteiger partial charge in [-0.15, -0.1) is 0 Å². The molecule has 1 aliphatic rings. The van der Waals surface area contributed by atoms with E-state index < -0.39 is 5.97 Å². The number of carbonyl (C=O) groups is 1. The first-order valence-electron chi connectivity index (χ1n) is 10.1. The summed E-state index contributed by atoms with van der Waals surface area (Å²) >= 11 is 12.7. The number of halogens is 2. The van der Waals surface area contributed by atoms with Crippen molar-refractivity contribution in [2.45, 2.75) is 52.5 Å². The number of benzene rings is 1. The molecule has 2 heterocycles. The number of rotatable bonds is 7. The zero-order chi connectivity index (χ0) is 21.1. The molecule has 0 spiro atoms. The van der Waals surface area contributed by atoms with E-state index in [9.17, 15) is 9.90 Å². The van der Waals surface area contributed by atoms with Crippen molar-refractivity contribution in [2.75, 3.05) is 13.1 Å². The largest absolute Gasteiger partial charge is 0.481 e. The monoisotopic (exact) mass is 434 g/mol. The number of pyridine rings is 1. The van der Waals surface area contributed by atoms with Crippen LogP contribution >= 0.6 is 23.2 Å². The topological polar surface area (TPSA) is 53.4 Å². The summed E-state index contributed by atoms with van der Waals surface area (Å²) in [7, 11) is 0. The molecule has 2 aromatic rings. The van der Waals surface area contributed by atoms with E-state index in [4.69, 9.17) is 23.2 Å². The van der Waals surface area contributed by atoms with Crippen LogP contribution in [0, 0.1) is 19.8 Å². The van der Waals surface area contributed by atoms with Crippen molar-refractivity contribution in [3.05, 3.63) is 62.4 Å². The van der Waals surface area contributed by atoms with E-state index in [1.54, 1.807) is 6.20 Å². The maximum atomic E-state index is 11.2. The maximum Gasteiger partial charge on any atom is 0.307 e. The van der Waals surface area contributed by atoms with E-state index in [1.807, 2.05) is 13.8 Å². The number of hydrogen-bond donors (Lipinski definition) is 1. The van der Waals surface area contributed by atoms with Crippen molar-refractivity contribution in [3.63, 3.8) is 0 Å². The van der Waals surface area contributed by atoms with Gasteiger partial charge < -0.3 is 5.11 Å². The third-order valence-electron chi connectivity index (χ3n) is 5.89. The normalized spacial score (nSPS) is 18.2. The molecule has 0 radical (unpaired) electrons. The van der Waals surface area contributed by atoms with E-state index >= 15 is 0 Å². The first-order valence-corrected chi connectivity index (χ1v) is 10.9. The molecule has 156 valence electrons. The Morgan fingerprint density at radius 1 is 1.28 bits per heavy atom. The summed E-state index contributed by atoms with van der Waals surface area (Å²) in [4.78, 5) is 17.9. The fraction of sp³-hybridized carbons (Fsp3) is 0.478. The summed E-state index contributed by atoms with van der Waals surface area (Å²) < 4.78 is 0. The van der Waals surface area contributed by atoms with Crippen molar-refractivity contribution in [2.24, 2.45) is 5.92 Å². The summed E-state index contributed by atoms with van der Waals surface area (Å²) in [5, 5.41) is 10.7. The van der Waals surface area contributed by atoms with Gasteiger partial charge in [0.05, 0.1) is 10.9 Å². The van der Waals surface area contributed by atoms with Gasteiger partial charge in [-0.1, -0.05) is 42.3 Å². The molecule has 1 aliphatic heterocycles. The average Bonchev–Trinajstić information content (AvgIpc) is 3.15. The minimum absolute atomic E-state index is 0.282. The lowest BCUT2D eigenvalue weighted by Crippen LogP contribution is -2.23. The smallest absolute Gasteiger partial charge is 0.307 e. The van der Waals surface area contributed by atoms with Crippen LogP contribution in [-0.4, -0.2) is 34.0 Å². The number of carboxylic acids is 1. The van der Waals surface area contributed by atoms with E-state index in [2.05, 4.69) is 35.0 Å². The molecule has 1 aromatic carbocycles. The summed E-state index contributed by atoms with van der Waals surface area (Å²) in [5.41, 5.74) is 5.52. The Labute approximate surface area is 182 Å². The van der Waals surface area contributed by atoms with Gasteiger partial charge in [0.25, 0.3) is 0 Å². The van der Waals surface area contributed by atoms with Crippen LogP contribution < -0.4 is 0 Å². The Bertz CT molecular complexity index is 877. The minimum Gasteiger partial charge on any atom is -0.481 e. The van der Waals surface area contributed by atoms with E-state index in [1.165, 1.54) is 5.56 Å². The highest BCUT2D eigenvalue weighted by molar-refractivity contribution is 6.32. The fourth-order valence-corrected chi connectivity index (χ4v) is 4.42. The standard InChI is InChI=1S/C23H28Cl2N2O2/c1-4-16(18-7-14(2)22(25)15(3)8-18)9-20-10-19(21(24)11-26-20)13-27-6-5-17(12-27)23(28)29/h7-8,10-11,16-17H,4-6,9,12-13H2,1-3H3,(H,28,29)/t16-,17+/m0/s1. The lowest BCUT2D eigenvalue weighted by atomic mass is 9.89. The average molecular weight is 435 g/mol. The van der Waals surface area contributed by atoms with Crippen molar-refractivity contribution in [3.8, 4) is 0 Å². The van der Waals surface area contributed by atoms with E-state index in [0.717, 1.165) is 46.8 Å². The molecule has 0 saturated carbocycles. The van der Waals surface area contributed by atoms with Crippen molar-refractivity contribution >= 4 is 29.2 Å². The summed E-state index contributed by atoms with van der Waals surface area (Å²) in [6, 6.07) is 6.43. The van der Waals surface area contributed by atoms with Gasteiger partial charge in [0.1, 0.15) is 0 Å². The van der Waals surface area contributed by atoms with Gasteiger partial charge >= 0.3 is 5.97 Å². The maximum absolute atomic E-state index is 11.2. The molecule has 3 rings (SSSR count). The van der Waals surface area contributed by atoms with Gasteiger partial charge in [-0.3, -0.25) is 14.7 Å². The summed E-state index contributed by atoms with van der Waals surface area (Å²) in [6.07, 6.45) is 4.26. The first-order chi connectivity index (χ1) is 13.8. The Hall–Kier alpha value is -1.62. The molecule has 4 nitrogen and oxygen atoms in total. The van der Waals surface area contributed by atoms with E-state index in [-0.39, 0.29) is 5.92 Å². The number of aromatic nitrogens is 1. The molecule has 29 heavy (non-hydrogen) atoms. The number of likely N-dealkylation sites (tertiary alicyclic amines) is 1. The van der Waals surface area contributed by atoms with Crippen LogP contribution in [0.25, 0.3) is 0 Å².